The van der Waals surface area contributed by atoms with E-state index in [9.17, 15) is 20.0 Å². The molecule has 0 aliphatic heterocycles. The van der Waals surface area contributed by atoms with Crippen LogP contribution < -0.4 is 5.32 Å². The summed E-state index contributed by atoms with van der Waals surface area (Å²) in [5, 5.41) is 27.3. The number of carbonyl (C=O) groups excluding carboxylic acids is 1. The average molecular weight is 332 g/mol. The summed E-state index contributed by atoms with van der Waals surface area (Å²) in [4.78, 5) is 22.4. The molecule has 2 N–H and O–H groups in total. The molecule has 128 valence electrons. The summed E-state index contributed by atoms with van der Waals surface area (Å²) in [6.45, 7) is 4.14. The fourth-order valence-corrected chi connectivity index (χ4v) is 2.27. The Balaban J connectivity index is 2.03. The molecule has 1 aromatic carbocycles. The van der Waals surface area contributed by atoms with Gasteiger partial charge in [0.15, 0.2) is 5.69 Å². The van der Waals surface area contributed by atoms with Crippen LogP contribution in [0.15, 0.2) is 36.5 Å². The van der Waals surface area contributed by atoms with Crippen molar-refractivity contribution >= 4 is 11.6 Å². The number of benzene rings is 1. The molecule has 2 rings (SSSR count). The molecule has 1 atom stereocenters. The van der Waals surface area contributed by atoms with Crippen LogP contribution in [-0.4, -0.2) is 38.4 Å². The molecule has 1 amide bonds. The number of hydrogen-bond donors (Lipinski definition) is 2. The average Bonchev–Trinajstić information content (AvgIpc) is 3.02. The van der Waals surface area contributed by atoms with Crippen LogP contribution in [0.5, 0.6) is 0 Å². The van der Waals surface area contributed by atoms with E-state index in [1.165, 1.54) is 22.9 Å². The van der Waals surface area contributed by atoms with Crippen LogP contribution in [-0.2, 0) is 0 Å². The number of aliphatic hydroxyl groups is 1. The number of aliphatic hydroxyl groups excluding tert-OH is 1. The lowest BCUT2D eigenvalue weighted by Crippen LogP contribution is -2.33. The Morgan fingerprint density at radius 3 is 2.83 bits per heavy atom. The summed E-state index contributed by atoms with van der Waals surface area (Å²) < 4.78 is 1.40. The molecule has 0 spiro atoms. The number of carbonyl (C=O) groups is 1. The fourth-order valence-electron chi connectivity index (χ4n) is 2.27. The molecule has 1 unspecified atom stereocenters. The number of rotatable bonds is 7. The maximum atomic E-state index is 12.0. The highest BCUT2D eigenvalue weighted by Crippen LogP contribution is 2.16. The van der Waals surface area contributed by atoms with Gasteiger partial charge in [-0.3, -0.25) is 14.9 Å². The molecule has 24 heavy (non-hydrogen) atoms. The van der Waals surface area contributed by atoms with Crippen molar-refractivity contribution in [2.75, 3.05) is 6.54 Å². The van der Waals surface area contributed by atoms with Gasteiger partial charge in [-0.05, 0) is 24.5 Å². The molecule has 0 aliphatic rings. The molecule has 0 radical (unpaired) electrons. The fraction of sp³-hybridized carbons (Fsp3) is 0.375. The highest BCUT2D eigenvalue weighted by molar-refractivity contribution is 5.92. The first-order chi connectivity index (χ1) is 11.4. The number of aromatic nitrogens is 2. The van der Waals surface area contributed by atoms with Crippen LogP contribution in [0.25, 0.3) is 5.69 Å². The van der Waals surface area contributed by atoms with Crippen molar-refractivity contribution in [1.82, 2.24) is 15.1 Å². The highest BCUT2D eigenvalue weighted by Gasteiger charge is 2.14. The van der Waals surface area contributed by atoms with E-state index in [4.69, 9.17) is 0 Å². The maximum absolute atomic E-state index is 12.0. The number of nitrogens with one attached hydrogen (secondary N) is 1. The van der Waals surface area contributed by atoms with Crippen molar-refractivity contribution in [2.45, 2.75) is 26.4 Å². The summed E-state index contributed by atoms with van der Waals surface area (Å²) >= 11 is 0. The molecule has 0 aliphatic carbocycles. The highest BCUT2D eigenvalue weighted by atomic mass is 16.6. The second kappa shape index (κ2) is 7.69. The Labute approximate surface area is 139 Å². The van der Waals surface area contributed by atoms with Gasteiger partial charge in [-0.1, -0.05) is 19.9 Å². The molecule has 1 heterocycles. The number of nitro benzene ring substituents is 1. The molecule has 0 fully saturated rings. The Kier molecular flexibility index (Phi) is 5.64. The Hall–Kier alpha value is -2.74. The van der Waals surface area contributed by atoms with E-state index < -0.39 is 16.9 Å². The molecular weight excluding hydrogens is 312 g/mol. The topological polar surface area (TPSA) is 110 Å². The minimum atomic E-state index is -0.604. The molecule has 8 heteroatoms. The maximum Gasteiger partial charge on any atom is 0.271 e. The summed E-state index contributed by atoms with van der Waals surface area (Å²) in [5.41, 5.74) is 0.618. The molecule has 0 saturated carbocycles. The van der Waals surface area contributed by atoms with Crippen LogP contribution in [0.1, 0.15) is 30.8 Å². The molecule has 0 bridgehead atoms. The van der Waals surface area contributed by atoms with Gasteiger partial charge in [-0.15, -0.1) is 0 Å². The van der Waals surface area contributed by atoms with Crippen molar-refractivity contribution in [1.29, 1.82) is 0 Å². The number of nitrogens with zero attached hydrogens (tertiary/aromatic N) is 3. The molecule has 2 aromatic rings. The minimum absolute atomic E-state index is 0.0502. The smallest absolute Gasteiger partial charge is 0.271 e. The van der Waals surface area contributed by atoms with Gasteiger partial charge in [-0.25, -0.2) is 4.68 Å². The van der Waals surface area contributed by atoms with Gasteiger partial charge < -0.3 is 10.4 Å². The second-order valence-electron chi connectivity index (χ2n) is 5.92. The lowest BCUT2D eigenvalue weighted by Gasteiger charge is -2.13. The number of amides is 1. The van der Waals surface area contributed by atoms with Crippen LogP contribution in [0.4, 0.5) is 5.69 Å². The number of hydrogen-bond acceptors (Lipinski definition) is 5. The molecule has 0 saturated heterocycles. The van der Waals surface area contributed by atoms with Crippen LogP contribution >= 0.6 is 0 Å². The van der Waals surface area contributed by atoms with E-state index in [2.05, 4.69) is 10.4 Å². The summed E-state index contributed by atoms with van der Waals surface area (Å²) in [6.07, 6.45) is 1.55. The first-order valence-corrected chi connectivity index (χ1v) is 7.63. The first kappa shape index (κ1) is 17.6. The second-order valence-corrected chi connectivity index (χ2v) is 5.92. The van der Waals surface area contributed by atoms with Gasteiger partial charge in [0.2, 0.25) is 0 Å². The monoisotopic (exact) mass is 332 g/mol. The quantitative estimate of drug-likeness (QED) is 0.594. The van der Waals surface area contributed by atoms with Crippen molar-refractivity contribution in [3.8, 4) is 5.69 Å². The largest absolute Gasteiger partial charge is 0.391 e. The first-order valence-electron chi connectivity index (χ1n) is 7.63. The van der Waals surface area contributed by atoms with Gasteiger partial charge in [0.1, 0.15) is 0 Å². The van der Waals surface area contributed by atoms with Gasteiger partial charge in [-0.2, -0.15) is 5.10 Å². The van der Waals surface area contributed by atoms with Crippen LogP contribution in [0.2, 0.25) is 0 Å². The van der Waals surface area contributed by atoms with E-state index in [1.807, 2.05) is 13.8 Å². The van der Waals surface area contributed by atoms with Crippen molar-refractivity contribution < 1.29 is 14.8 Å². The number of nitro groups is 1. The lowest BCUT2D eigenvalue weighted by atomic mass is 10.1. The van der Waals surface area contributed by atoms with Gasteiger partial charge in [0.05, 0.1) is 16.7 Å². The zero-order valence-electron chi connectivity index (χ0n) is 13.5. The zero-order valence-corrected chi connectivity index (χ0v) is 13.5. The Morgan fingerprint density at radius 2 is 2.17 bits per heavy atom. The van der Waals surface area contributed by atoms with E-state index in [-0.39, 0.29) is 17.9 Å². The standard InChI is InChI=1S/C16H20N4O4/c1-11(2)8-14(21)10-17-16(22)15-6-7-19(18-15)12-4-3-5-13(9-12)20(23)24/h3-7,9,11,14,21H,8,10H2,1-2H3,(H,17,22). The van der Waals surface area contributed by atoms with Crippen molar-refractivity contribution in [2.24, 2.45) is 5.92 Å². The minimum Gasteiger partial charge on any atom is -0.391 e. The van der Waals surface area contributed by atoms with E-state index in [1.54, 1.807) is 18.3 Å². The van der Waals surface area contributed by atoms with Crippen LogP contribution in [0, 0.1) is 16.0 Å². The van der Waals surface area contributed by atoms with Crippen LogP contribution in [0.3, 0.4) is 0 Å². The third-order valence-electron chi connectivity index (χ3n) is 3.37. The van der Waals surface area contributed by atoms with E-state index in [0.29, 0.717) is 18.0 Å². The summed E-state index contributed by atoms with van der Waals surface area (Å²) in [5.74, 6) is -0.0630. The normalized spacial score (nSPS) is 12.2. The Bertz CT molecular complexity index is 726. The van der Waals surface area contributed by atoms with Gasteiger partial charge >= 0.3 is 0 Å². The number of non-ortho nitro benzene ring substituents is 1. The summed E-state index contributed by atoms with van der Waals surface area (Å²) in [6, 6.07) is 7.49. The van der Waals surface area contributed by atoms with Gasteiger partial charge in [0.25, 0.3) is 11.6 Å². The summed E-state index contributed by atoms with van der Waals surface area (Å²) in [7, 11) is 0. The molecule has 8 nitrogen and oxygen atoms in total. The van der Waals surface area contributed by atoms with Crippen molar-refractivity contribution in [3.63, 3.8) is 0 Å². The van der Waals surface area contributed by atoms with Crippen molar-refractivity contribution in [3.05, 3.63) is 52.3 Å². The predicted molar refractivity (Wildman–Crippen MR) is 88.0 cm³/mol. The molecular formula is C16H20N4O4. The lowest BCUT2D eigenvalue weighted by molar-refractivity contribution is -0.384. The van der Waals surface area contributed by atoms with E-state index in [0.717, 1.165) is 0 Å². The van der Waals surface area contributed by atoms with E-state index >= 15 is 0 Å². The molecule has 1 aromatic heterocycles. The van der Waals surface area contributed by atoms with Gasteiger partial charge in [0, 0.05) is 24.9 Å². The third-order valence-corrected chi connectivity index (χ3v) is 3.37. The third kappa shape index (κ3) is 4.63. The zero-order chi connectivity index (χ0) is 17.7. The Morgan fingerprint density at radius 1 is 1.42 bits per heavy atom. The SMILES string of the molecule is CC(C)CC(O)CNC(=O)c1ccn(-c2cccc([N+](=O)[O-])c2)n1. The predicted octanol–water partition coefficient (Wildman–Crippen LogP) is 1.92.